The summed E-state index contributed by atoms with van der Waals surface area (Å²) in [5.74, 6) is -1.32. The van der Waals surface area contributed by atoms with Crippen molar-refractivity contribution in [3.8, 4) is 0 Å². The van der Waals surface area contributed by atoms with Gasteiger partial charge in [-0.3, -0.25) is 14.4 Å². The molecule has 0 saturated heterocycles. The molecule has 0 aliphatic rings. The number of benzene rings is 2. The molecule has 2 amide bonds. The number of esters is 1. The molecule has 2 aromatic rings. The fourth-order valence-corrected chi connectivity index (χ4v) is 3.46. The van der Waals surface area contributed by atoms with Gasteiger partial charge in [0.2, 0.25) is 5.91 Å². The van der Waals surface area contributed by atoms with Gasteiger partial charge in [0.25, 0.3) is 5.91 Å². The smallest absolute Gasteiger partial charge is 0.306 e. The SMILES string of the molecule is CCc1cc(Br)ccc1NC(=O)COC(=O)CCC(=O)Nc1ccc(Br)cc1C. The molecule has 0 bridgehead atoms. The lowest BCUT2D eigenvalue weighted by atomic mass is 10.1. The van der Waals surface area contributed by atoms with E-state index < -0.39 is 18.5 Å². The van der Waals surface area contributed by atoms with Gasteiger partial charge in [-0.1, -0.05) is 38.8 Å². The van der Waals surface area contributed by atoms with E-state index in [2.05, 4.69) is 42.5 Å². The maximum atomic E-state index is 12.0. The van der Waals surface area contributed by atoms with Gasteiger partial charge < -0.3 is 15.4 Å². The number of hydrogen-bond donors (Lipinski definition) is 2. The summed E-state index contributed by atoms with van der Waals surface area (Å²) in [6.45, 7) is 3.46. The first kappa shape index (κ1) is 23.1. The molecule has 8 heteroatoms. The van der Waals surface area contributed by atoms with Gasteiger partial charge in [0.15, 0.2) is 6.61 Å². The molecule has 29 heavy (non-hydrogen) atoms. The summed E-state index contributed by atoms with van der Waals surface area (Å²) >= 11 is 6.76. The molecule has 0 spiro atoms. The molecule has 0 atom stereocenters. The third kappa shape index (κ3) is 7.62. The zero-order valence-corrected chi connectivity index (χ0v) is 19.4. The Labute approximate surface area is 186 Å². The van der Waals surface area contributed by atoms with E-state index >= 15 is 0 Å². The maximum absolute atomic E-state index is 12.0. The first-order valence-corrected chi connectivity index (χ1v) is 10.7. The summed E-state index contributed by atoms with van der Waals surface area (Å²) in [4.78, 5) is 35.9. The molecular weight excluding hydrogens is 504 g/mol. The van der Waals surface area contributed by atoms with E-state index in [1.807, 2.05) is 38.1 Å². The Morgan fingerprint density at radius 1 is 0.897 bits per heavy atom. The number of carbonyl (C=O) groups is 3. The Balaban J connectivity index is 1.75. The topological polar surface area (TPSA) is 84.5 Å². The van der Waals surface area contributed by atoms with Crippen molar-refractivity contribution in [2.24, 2.45) is 0 Å². The average Bonchev–Trinajstić information content (AvgIpc) is 2.68. The van der Waals surface area contributed by atoms with Gasteiger partial charge in [-0.2, -0.15) is 0 Å². The number of rotatable bonds is 8. The fraction of sp³-hybridized carbons (Fsp3) is 0.286. The van der Waals surface area contributed by atoms with Crippen LogP contribution in [0, 0.1) is 6.92 Å². The zero-order valence-electron chi connectivity index (χ0n) is 16.2. The lowest BCUT2D eigenvalue weighted by Gasteiger charge is -2.11. The monoisotopic (exact) mass is 524 g/mol. The van der Waals surface area contributed by atoms with Crippen LogP contribution in [-0.4, -0.2) is 24.4 Å². The van der Waals surface area contributed by atoms with E-state index in [0.717, 1.165) is 26.5 Å². The van der Waals surface area contributed by atoms with Crippen molar-refractivity contribution >= 4 is 61.0 Å². The van der Waals surface area contributed by atoms with Crippen LogP contribution in [0.25, 0.3) is 0 Å². The van der Waals surface area contributed by atoms with E-state index in [4.69, 9.17) is 4.74 Å². The number of amides is 2. The molecule has 6 nitrogen and oxygen atoms in total. The van der Waals surface area contributed by atoms with Crippen LogP contribution >= 0.6 is 31.9 Å². The van der Waals surface area contributed by atoms with Crippen molar-refractivity contribution in [2.45, 2.75) is 33.1 Å². The minimum Gasteiger partial charge on any atom is -0.456 e. The highest BCUT2D eigenvalue weighted by Crippen LogP contribution is 2.22. The summed E-state index contributed by atoms with van der Waals surface area (Å²) in [5, 5.41) is 5.49. The molecule has 154 valence electrons. The Bertz CT molecular complexity index is 916. The maximum Gasteiger partial charge on any atom is 0.306 e. The van der Waals surface area contributed by atoms with Crippen molar-refractivity contribution < 1.29 is 19.1 Å². The number of nitrogens with one attached hydrogen (secondary N) is 2. The Morgan fingerprint density at radius 3 is 2.17 bits per heavy atom. The van der Waals surface area contributed by atoms with Gasteiger partial charge >= 0.3 is 5.97 Å². The quantitative estimate of drug-likeness (QED) is 0.476. The summed E-state index contributed by atoms with van der Waals surface area (Å²) in [6, 6.07) is 11.0. The standard InChI is InChI=1S/C21H22Br2N2O4/c1-3-14-11-16(23)5-7-18(14)25-20(27)12-29-21(28)9-8-19(26)24-17-6-4-15(22)10-13(17)2/h4-7,10-11H,3,8-9,12H2,1-2H3,(H,24,26)(H,25,27). The number of ether oxygens (including phenoxy) is 1. The number of hydrogen-bond acceptors (Lipinski definition) is 4. The molecule has 0 aliphatic carbocycles. The molecule has 0 unspecified atom stereocenters. The number of aryl methyl sites for hydroxylation is 2. The molecule has 2 rings (SSSR count). The first-order chi connectivity index (χ1) is 13.8. The molecule has 2 aromatic carbocycles. The average molecular weight is 526 g/mol. The van der Waals surface area contributed by atoms with Crippen molar-refractivity contribution in [1.82, 2.24) is 0 Å². The van der Waals surface area contributed by atoms with Crippen LogP contribution in [0.1, 0.15) is 30.9 Å². The van der Waals surface area contributed by atoms with Gasteiger partial charge in [-0.15, -0.1) is 0 Å². The van der Waals surface area contributed by atoms with Gasteiger partial charge in [0, 0.05) is 26.7 Å². The number of carbonyl (C=O) groups excluding carboxylic acids is 3. The summed E-state index contributed by atoms with van der Waals surface area (Å²) < 4.78 is 6.81. The van der Waals surface area contributed by atoms with Crippen LogP contribution < -0.4 is 10.6 Å². The molecule has 0 heterocycles. The van der Waals surface area contributed by atoms with Crippen molar-refractivity contribution in [3.63, 3.8) is 0 Å². The molecule has 0 aliphatic heterocycles. The Hall–Kier alpha value is -2.19. The molecule has 0 fully saturated rings. The lowest BCUT2D eigenvalue weighted by molar-refractivity contribution is -0.147. The lowest BCUT2D eigenvalue weighted by Crippen LogP contribution is -2.22. The van der Waals surface area contributed by atoms with E-state index in [-0.39, 0.29) is 18.7 Å². The fourth-order valence-electron chi connectivity index (χ4n) is 2.58. The highest BCUT2D eigenvalue weighted by atomic mass is 79.9. The van der Waals surface area contributed by atoms with Crippen LogP contribution in [0.3, 0.4) is 0 Å². The van der Waals surface area contributed by atoms with Gasteiger partial charge in [-0.05, 0) is 60.9 Å². The second kappa shape index (κ2) is 11.1. The largest absolute Gasteiger partial charge is 0.456 e. The summed E-state index contributed by atoms with van der Waals surface area (Å²) in [6.07, 6.45) is 0.623. The van der Waals surface area contributed by atoms with Crippen LogP contribution in [0.15, 0.2) is 45.3 Å². The normalized spacial score (nSPS) is 10.3. The Morgan fingerprint density at radius 2 is 1.52 bits per heavy atom. The number of anilines is 2. The van der Waals surface area contributed by atoms with Crippen molar-refractivity contribution in [3.05, 3.63) is 56.5 Å². The molecule has 0 aromatic heterocycles. The third-order valence-corrected chi connectivity index (χ3v) is 5.09. The molecule has 0 saturated carbocycles. The molecule has 0 radical (unpaired) electrons. The minimum absolute atomic E-state index is 0.0251. The predicted molar refractivity (Wildman–Crippen MR) is 120 cm³/mol. The van der Waals surface area contributed by atoms with E-state index in [1.165, 1.54) is 0 Å². The highest BCUT2D eigenvalue weighted by Gasteiger charge is 2.12. The van der Waals surface area contributed by atoms with Crippen LogP contribution in [0.2, 0.25) is 0 Å². The zero-order chi connectivity index (χ0) is 21.4. The van der Waals surface area contributed by atoms with Crippen LogP contribution in [0.4, 0.5) is 11.4 Å². The summed E-state index contributed by atoms with van der Waals surface area (Å²) in [5.41, 5.74) is 3.25. The van der Waals surface area contributed by atoms with Crippen LogP contribution in [-0.2, 0) is 25.5 Å². The summed E-state index contributed by atoms with van der Waals surface area (Å²) in [7, 11) is 0. The highest BCUT2D eigenvalue weighted by molar-refractivity contribution is 9.10. The van der Waals surface area contributed by atoms with Gasteiger partial charge in [0.05, 0.1) is 6.42 Å². The number of halogens is 2. The van der Waals surface area contributed by atoms with E-state index in [9.17, 15) is 14.4 Å². The molecular formula is C21H22Br2N2O4. The second-order valence-electron chi connectivity index (χ2n) is 6.37. The van der Waals surface area contributed by atoms with E-state index in [1.54, 1.807) is 12.1 Å². The Kier molecular flexibility index (Phi) is 8.85. The minimum atomic E-state index is -0.602. The van der Waals surface area contributed by atoms with Crippen LogP contribution in [0.5, 0.6) is 0 Å². The molecule has 2 N–H and O–H groups in total. The van der Waals surface area contributed by atoms with Crippen molar-refractivity contribution in [1.29, 1.82) is 0 Å². The van der Waals surface area contributed by atoms with E-state index in [0.29, 0.717) is 11.4 Å². The van der Waals surface area contributed by atoms with Crippen molar-refractivity contribution in [2.75, 3.05) is 17.2 Å². The van der Waals surface area contributed by atoms with Gasteiger partial charge in [-0.25, -0.2) is 0 Å². The first-order valence-electron chi connectivity index (χ1n) is 9.08. The second-order valence-corrected chi connectivity index (χ2v) is 8.20. The third-order valence-electron chi connectivity index (χ3n) is 4.11. The predicted octanol–water partition coefficient (Wildman–Crippen LogP) is 4.98. The van der Waals surface area contributed by atoms with Gasteiger partial charge in [0.1, 0.15) is 0 Å².